The van der Waals surface area contributed by atoms with E-state index in [4.69, 9.17) is 4.74 Å². The lowest BCUT2D eigenvalue weighted by Crippen LogP contribution is -2.31. The number of hydrogen-bond donors (Lipinski definition) is 0. The maximum atomic E-state index is 12.0. The minimum atomic E-state index is -0.362. The van der Waals surface area contributed by atoms with Gasteiger partial charge in [-0.05, 0) is 31.4 Å². The van der Waals surface area contributed by atoms with Crippen LogP contribution in [0.1, 0.15) is 38.7 Å². The van der Waals surface area contributed by atoms with Crippen molar-refractivity contribution in [2.24, 2.45) is 5.92 Å². The summed E-state index contributed by atoms with van der Waals surface area (Å²) in [5.74, 6) is -0.00986. The second-order valence-electron chi connectivity index (χ2n) is 5.11. The second kappa shape index (κ2) is 6.07. The van der Waals surface area contributed by atoms with Crippen molar-refractivity contribution in [3.8, 4) is 5.75 Å². The summed E-state index contributed by atoms with van der Waals surface area (Å²) in [7, 11) is 0. The third kappa shape index (κ3) is 2.55. The van der Waals surface area contributed by atoms with E-state index < -0.39 is 0 Å². The first-order valence-electron chi connectivity index (χ1n) is 7.16. The van der Waals surface area contributed by atoms with Gasteiger partial charge in [-0.3, -0.25) is 4.79 Å². The van der Waals surface area contributed by atoms with Crippen LogP contribution in [0.5, 0.6) is 5.75 Å². The summed E-state index contributed by atoms with van der Waals surface area (Å²) in [5.41, 5.74) is 2.06. The molecule has 0 saturated carbocycles. The van der Waals surface area contributed by atoms with Crippen molar-refractivity contribution < 1.29 is 14.3 Å². The van der Waals surface area contributed by atoms with Crippen LogP contribution in [0.3, 0.4) is 0 Å². The van der Waals surface area contributed by atoms with E-state index in [2.05, 4.69) is 24.8 Å². The number of benzene rings is 1. The lowest BCUT2D eigenvalue weighted by molar-refractivity contribution is -0.142. The molecule has 4 nitrogen and oxygen atoms in total. The van der Waals surface area contributed by atoms with Crippen molar-refractivity contribution in [3.63, 3.8) is 0 Å². The lowest BCUT2D eigenvalue weighted by Gasteiger charge is -2.30. The highest BCUT2D eigenvalue weighted by atomic mass is 16.5. The number of esters is 1. The van der Waals surface area contributed by atoms with Crippen molar-refractivity contribution in [1.29, 1.82) is 0 Å². The molecular formula is C16H21NO3. The Morgan fingerprint density at radius 2 is 2.00 bits per heavy atom. The van der Waals surface area contributed by atoms with Crippen molar-refractivity contribution in [3.05, 3.63) is 23.8 Å². The molecule has 2 unspecified atom stereocenters. The monoisotopic (exact) mass is 275 g/mol. The molecule has 0 amide bonds. The van der Waals surface area contributed by atoms with Gasteiger partial charge in [-0.1, -0.05) is 13.0 Å². The first-order chi connectivity index (χ1) is 9.62. The van der Waals surface area contributed by atoms with Gasteiger partial charge in [-0.15, -0.1) is 0 Å². The van der Waals surface area contributed by atoms with Crippen LogP contribution in [0.2, 0.25) is 0 Å². The van der Waals surface area contributed by atoms with E-state index in [-0.39, 0.29) is 24.2 Å². The van der Waals surface area contributed by atoms with Crippen molar-refractivity contribution in [1.82, 2.24) is 0 Å². The van der Waals surface area contributed by atoms with E-state index in [0.717, 1.165) is 30.6 Å². The van der Waals surface area contributed by atoms with Gasteiger partial charge in [0.25, 0.3) is 0 Å². The quantitative estimate of drug-likeness (QED) is 0.471. The smallest absolute Gasteiger partial charge is 0.315 e. The average Bonchev–Trinajstić information content (AvgIpc) is 2.44. The summed E-state index contributed by atoms with van der Waals surface area (Å²) in [6.45, 7) is 7.99. The van der Waals surface area contributed by atoms with Crippen LogP contribution in [0.15, 0.2) is 18.2 Å². The number of anilines is 1. The van der Waals surface area contributed by atoms with E-state index in [1.807, 2.05) is 19.1 Å². The molecule has 20 heavy (non-hydrogen) atoms. The van der Waals surface area contributed by atoms with Crippen LogP contribution in [0.25, 0.3) is 0 Å². The van der Waals surface area contributed by atoms with Crippen LogP contribution in [0.4, 0.5) is 5.69 Å². The highest BCUT2D eigenvalue weighted by Crippen LogP contribution is 2.40. The maximum absolute atomic E-state index is 12.0. The van der Waals surface area contributed by atoms with Gasteiger partial charge in [0.15, 0.2) is 0 Å². The number of carbonyl (C=O) groups is 2. The summed E-state index contributed by atoms with van der Waals surface area (Å²) in [4.78, 5) is 24.9. The van der Waals surface area contributed by atoms with Crippen molar-refractivity contribution >= 4 is 17.9 Å². The van der Waals surface area contributed by atoms with E-state index in [1.165, 1.54) is 0 Å². The van der Waals surface area contributed by atoms with Crippen LogP contribution in [-0.4, -0.2) is 25.3 Å². The largest absolute Gasteiger partial charge is 0.426 e. The molecule has 1 aliphatic heterocycles. The minimum absolute atomic E-state index is 0.0159. The zero-order chi connectivity index (χ0) is 14.7. The van der Waals surface area contributed by atoms with Crippen LogP contribution >= 0.6 is 0 Å². The average molecular weight is 275 g/mol. The van der Waals surface area contributed by atoms with E-state index >= 15 is 0 Å². The predicted molar refractivity (Wildman–Crippen MR) is 78.2 cm³/mol. The van der Waals surface area contributed by atoms with Gasteiger partial charge >= 0.3 is 5.97 Å². The van der Waals surface area contributed by atoms with Gasteiger partial charge in [-0.2, -0.15) is 0 Å². The van der Waals surface area contributed by atoms with Gasteiger partial charge in [0.05, 0.1) is 5.92 Å². The molecule has 0 fully saturated rings. The normalized spacial score (nSPS) is 21.1. The number of carbonyl (C=O) groups excluding carboxylic acids is 2. The lowest BCUT2D eigenvalue weighted by atomic mass is 9.83. The third-order valence-electron chi connectivity index (χ3n) is 4.08. The molecule has 108 valence electrons. The van der Waals surface area contributed by atoms with Gasteiger partial charge in [0, 0.05) is 31.3 Å². The molecule has 0 aromatic heterocycles. The molecule has 0 radical (unpaired) electrons. The Morgan fingerprint density at radius 3 is 2.60 bits per heavy atom. The predicted octanol–water partition coefficient (Wildman–Crippen LogP) is 2.76. The third-order valence-corrected chi connectivity index (χ3v) is 4.08. The fraction of sp³-hybridized carbons (Fsp3) is 0.500. The molecule has 4 heteroatoms. The van der Waals surface area contributed by atoms with Gasteiger partial charge < -0.3 is 14.4 Å². The summed E-state index contributed by atoms with van der Waals surface area (Å²) >= 11 is 0. The van der Waals surface area contributed by atoms with Crippen LogP contribution < -0.4 is 9.64 Å². The number of fused-ring (bicyclic) bond motifs is 1. The number of nitrogens with zero attached hydrogens (tertiary/aromatic N) is 1. The topological polar surface area (TPSA) is 46.6 Å². The van der Waals surface area contributed by atoms with Crippen molar-refractivity contribution in [2.75, 3.05) is 18.0 Å². The number of rotatable bonds is 5. The summed E-state index contributed by atoms with van der Waals surface area (Å²) in [6.07, 6.45) is 1.01. The summed E-state index contributed by atoms with van der Waals surface area (Å²) < 4.78 is 5.42. The number of aldehydes is 1. The Hall–Kier alpha value is -1.84. The number of ether oxygens (including phenoxy) is 1. The summed E-state index contributed by atoms with van der Waals surface area (Å²) in [6, 6.07) is 5.99. The Bertz CT molecular complexity index is 508. The molecule has 0 aliphatic carbocycles. The Morgan fingerprint density at radius 1 is 1.30 bits per heavy atom. The van der Waals surface area contributed by atoms with E-state index in [1.54, 1.807) is 0 Å². The molecule has 0 N–H and O–H groups in total. The highest BCUT2D eigenvalue weighted by molar-refractivity contribution is 5.82. The molecule has 1 aromatic carbocycles. The first-order valence-corrected chi connectivity index (χ1v) is 7.16. The Kier molecular flexibility index (Phi) is 4.42. The van der Waals surface area contributed by atoms with Gasteiger partial charge in [0.1, 0.15) is 12.0 Å². The number of hydrogen-bond acceptors (Lipinski definition) is 4. The molecule has 2 rings (SSSR count). The molecule has 0 bridgehead atoms. The molecule has 2 atom stereocenters. The molecule has 0 spiro atoms. The molecule has 1 aromatic rings. The standard InChI is InChI=1S/C16H21NO3/c1-4-17(5-2)12-6-7-13-11(3)14(8-9-18)16(19)20-15(13)10-12/h6-7,9-11,14H,4-5,8H2,1-3H3. The minimum Gasteiger partial charge on any atom is -0.426 e. The highest BCUT2D eigenvalue weighted by Gasteiger charge is 2.34. The fourth-order valence-corrected chi connectivity index (χ4v) is 2.78. The second-order valence-corrected chi connectivity index (χ2v) is 5.11. The fourth-order valence-electron chi connectivity index (χ4n) is 2.78. The SMILES string of the molecule is CCN(CC)c1ccc2c(c1)OC(=O)C(CC=O)C2C. The zero-order valence-electron chi connectivity index (χ0n) is 12.3. The van der Waals surface area contributed by atoms with Crippen LogP contribution in [0, 0.1) is 5.92 Å². The Labute approximate surface area is 119 Å². The molecular weight excluding hydrogens is 254 g/mol. The van der Waals surface area contributed by atoms with E-state index in [9.17, 15) is 9.59 Å². The van der Waals surface area contributed by atoms with Gasteiger partial charge in [-0.25, -0.2) is 0 Å². The van der Waals surface area contributed by atoms with Crippen molar-refractivity contribution in [2.45, 2.75) is 33.1 Å². The molecule has 0 saturated heterocycles. The van der Waals surface area contributed by atoms with E-state index in [0.29, 0.717) is 5.75 Å². The zero-order valence-corrected chi connectivity index (χ0v) is 12.3. The van der Waals surface area contributed by atoms with Gasteiger partial charge in [0.2, 0.25) is 0 Å². The van der Waals surface area contributed by atoms with Crippen LogP contribution in [-0.2, 0) is 9.59 Å². The summed E-state index contributed by atoms with van der Waals surface area (Å²) in [5, 5.41) is 0. The molecule has 1 aliphatic rings. The first kappa shape index (κ1) is 14.6. The maximum Gasteiger partial charge on any atom is 0.315 e. The Balaban J connectivity index is 2.35. The molecule has 1 heterocycles.